The molecular formula is C12H26BN3O3. The minimum Gasteiger partial charge on any atom is -0.430 e. The third kappa shape index (κ3) is 5.48. The Labute approximate surface area is 116 Å². The molecule has 1 atom stereocenters. The molecule has 0 aromatic heterocycles. The summed E-state index contributed by atoms with van der Waals surface area (Å²) in [5, 5.41) is 16.4. The van der Waals surface area contributed by atoms with Crippen molar-refractivity contribution >= 4 is 13.6 Å². The Morgan fingerprint density at radius 1 is 1.26 bits per heavy atom. The van der Waals surface area contributed by atoms with Crippen LogP contribution in [0.5, 0.6) is 0 Å². The summed E-state index contributed by atoms with van der Waals surface area (Å²) in [6.07, 6.45) is 5.96. The highest BCUT2D eigenvalue weighted by atomic mass is 16.4. The number of hydrogen-bond donors (Lipinski definition) is 3. The van der Waals surface area contributed by atoms with Crippen molar-refractivity contribution in [3.05, 3.63) is 0 Å². The summed E-state index contributed by atoms with van der Waals surface area (Å²) >= 11 is 0. The lowest BCUT2D eigenvalue weighted by atomic mass is 10.2. The van der Waals surface area contributed by atoms with Gasteiger partial charge in [-0.1, -0.05) is 6.92 Å². The maximum atomic E-state index is 12.0. The van der Waals surface area contributed by atoms with Crippen molar-refractivity contribution in [2.24, 2.45) is 0 Å². The van der Waals surface area contributed by atoms with E-state index in [1.54, 1.807) is 0 Å². The molecule has 0 bridgehead atoms. The Balaban J connectivity index is 0.000000550. The van der Waals surface area contributed by atoms with Gasteiger partial charge in [-0.3, -0.25) is 4.79 Å². The molecule has 2 saturated heterocycles. The van der Waals surface area contributed by atoms with Gasteiger partial charge in [-0.25, -0.2) is 10.4 Å². The minimum absolute atomic E-state index is 0.274. The smallest absolute Gasteiger partial charge is 0.430 e. The molecule has 1 unspecified atom stereocenters. The molecular weight excluding hydrogens is 245 g/mol. The molecule has 6 nitrogen and oxygen atoms in total. The van der Waals surface area contributed by atoms with E-state index in [1.807, 2.05) is 0 Å². The molecule has 2 rings (SSSR count). The summed E-state index contributed by atoms with van der Waals surface area (Å²) in [6, 6.07) is 0.493. The third-order valence-corrected chi connectivity index (χ3v) is 3.73. The Morgan fingerprint density at radius 2 is 1.89 bits per heavy atom. The zero-order valence-electron chi connectivity index (χ0n) is 11.8. The Hall–Kier alpha value is -0.625. The van der Waals surface area contributed by atoms with E-state index in [1.165, 1.54) is 25.7 Å². The molecule has 1 amide bonds. The normalized spacial score (nSPS) is 23.1. The number of carbonyl (C=O) groups is 1. The fourth-order valence-electron chi connectivity index (χ4n) is 2.74. The number of nitrogens with one attached hydrogen (secondary N) is 1. The van der Waals surface area contributed by atoms with Crippen LogP contribution >= 0.6 is 0 Å². The molecule has 7 heteroatoms. The standard InChI is InChI=1S/C12H23N3O.BH3O2/c1-2-11-6-5-9-15(11)12(16)10-13-14-7-3-4-8-14;2-1-3/h11,13H,2-10H2,1H3;1-3H. The van der Waals surface area contributed by atoms with Crippen LogP contribution in [0.25, 0.3) is 0 Å². The largest absolute Gasteiger partial charge is 0.432 e. The third-order valence-electron chi connectivity index (χ3n) is 3.73. The second-order valence-electron chi connectivity index (χ2n) is 4.96. The molecule has 110 valence electrons. The zero-order valence-corrected chi connectivity index (χ0v) is 11.8. The predicted octanol–water partition coefficient (Wildman–Crippen LogP) is -0.775. The SMILES string of the molecule is CCC1CCCN1C(=O)CNN1CCCC1.OBO. The van der Waals surface area contributed by atoms with E-state index in [0.717, 1.165) is 26.1 Å². The molecule has 0 spiro atoms. The molecule has 0 aromatic rings. The van der Waals surface area contributed by atoms with Gasteiger partial charge in [0.05, 0.1) is 6.54 Å². The maximum absolute atomic E-state index is 12.0. The molecule has 3 N–H and O–H groups in total. The summed E-state index contributed by atoms with van der Waals surface area (Å²) < 4.78 is 0. The van der Waals surface area contributed by atoms with Gasteiger partial charge in [0.1, 0.15) is 0 Å². The van der Waals surface area contributed by atoms with Gasteiger partial charge in [0.25, 0.3) is 0 Å². The lowest BCUT2D eigenvalue weighted by Crippen LogP contribution is -2.45. The van der Waals surface area contributed by atoms with Gasteiger partial charge in [-0.2, -0.15) is 0 Å². The summed E-state index contributed by atoms with van der Waals surface area (Å²) in [5.74, 6) is 0.274. The minimum atomic E-state index is -0.750. The van der Waals surface area contributed by atoms with Gasteiger partial charge >= 0.3 is 7.69 Å². The Kier molecular flexibility index (Phi) is 8.05. The second-order valence-corrected chi connectivity index (χ2v) is 4.96. The van der Waals surface area contributed by atoms with Gasteiger partial charge in [0.15, 0.2) is 0 Å². The van der Waals surface area contributed by atoms with Crippen LogP contribution in [-0.2, 0) is 4.79 Å². The first-order valence-corrected chi connectivity index (χ1v) is 7.22. The van der Waals surface area contributed by atoms with Gasteiger partial charge in [0, 0.05) is 25.7 Å². The molecule has 19 heavy (non-hydrogen) atoms. The fourth-order valence-corrected chi connectivity index (χ4v) is 2.74. The molecule has 0 aliphatic carbocycles. The number of nitrogens with zero attached hydrogens (tertiary/aromatic N) is 2. The highest BCUT2D eigenvalue weighted by molar-refractivity contribution is 6.13. The first-order valence-electron chi connectivity index (χ1n) is 7.22. The van der Waals surface area contributed by atoms with E-state index in [-0.39, 0.29) is 5.91 Å². The van der Waals surface area contributed by atoms with Crippen LogP contribution in [0.2, 0.25) is 0 Å². The van der Waals surface area contributed by atoms with E-state index < -0.39 is 7.69 Å². The van der Waals surface area contributed by atoms with Crippen LogP contribution in [-0.4, -0.2) is 65.8 Å². The van der Waals surface area contributed by atoms with Crippen LogP contribution in [0.4, 0.5) is 0 Å². The highest BCUT2D eigenvalue weighted by Gasteiger charge is 2.27. The summed E-state index contributed by atoms with van der Waals surface area (Å²) in [7, 11) is -0.750. The first kappa shape index (κ1) is 16.4. The van der Waals surface area contributed by atoms with Crippen molar-refractivity contribution in [1.29, 1.82) is 0 Å². The van der Waals surface area contributed by atoms with Gasteiger partial charge in [-0.15, -0.1) is 0 Å². The van der Waals surface area contributed by atoms with Crippen molar-refractivity contribution < 1.29 is 14.8 Å². The fraction of sp³-hybridized carbons (Fsp3) is 0.917. The lowest BCUT2D eigenvalue weighted by Gasteiger charge is -2.25. The lowest BCUT2D eigenvalue weighted by molar-refractivity contribution is -0.132. The van der Waals surface area contributed by atoms with E-state index in [4.69, 9.17) is 10.0 Å². The zero-order chi connectivity index (χ0) is 14.1. The van der Waals surface area contributed by atoms with Crippen LogP contribution in [0, 0.1) is 0 Å². The van der Waals surface area contributed by atoms with Crippen LogP contribution in [0.1, 0.15) is 39.0 Å². The van der Waals surface area contributed by atoms with E-state index in [0.29, 0.717) is 12.6 Å². The highest BCUT2D eigenvalue weighted by Crippen LogP contribution is 2.19. The molecule has 0 saturated carbocycles. The monoisotopic (exact) mass is 271 g/mol. The quantitative estimate of drug-likeness (QED) is 0.585. The molecule has 2 fully saturated rings. The maximum Gasteiger partial charge on any atom is 0.432 e. The summed E-state index contributed by atoms with van der Waals surface area (Å²) in [4.78, 5) is 14.1. The van der Waals surface area contributed by atoms with Gasteiger partial charge in [0.2, 0.25) is 5.91 Å². The molecule has 2 aliphatic heterocycles. The molecule has 2 heterocycles. The van der Waals surface area contributed by atoms with E-state index >= 15 is 0 Å². The van der Waals surface area contributed by atoms with Crippen molar-refractivity contribution in [2.75, 3.05) is 26.2 Å². The van der Waals surface area contributed by atoms with Crippen LogP contribution in [0.3, 0.4) is 0 Å². The first-order chi connectivity index (χ1) is 9.22. The van der Waals surface area contributed by atoms with Gasteiger partial charge < -0.3 is 14.9 Å². The number of hydrogen-bond acceptors (Lipinski definition) is 5. The second kappa shape index (κ2) is 9.31. The molecule has 0 aromatic carbocycles. The molecule has 2 aliphatic rings. The number of carbonyl (C=O) groups excluding carboxylic acids is 1. The number of rotatable bonds is 4. The van der Waals surface area contributed by atoms with E-state index in [2.05, 4.69) is 22.3 Å². The van der Waals surface area contributed by atoms with Crippen LogP contribution < -0.4 is 5.43 Å². The van der Waals surface area contributed by atoms with Crippen molar-refractivity contribution in [1.82, 2.24) is 15.3 Å². The predicted molar refractivity (Wildman–Crippen MR) is 75.4 cm³/mol. The number of likely N-dealkylation sites (tertiary alicyclic amines) is 1. The molecule has 0 radical (unpaired) electrons. The van der Waals surface area contributed by atoms with Crippen LogP contribution in [0.15, 0.2) is 0 Å². The summed E-state index contributed by atoms with van der Waals surface area (Å²) in [6.45, 7) is 5.79. The van der Waals surface area contributed by atoms with E-state index in [9.17, 15) is 4.79 Å². The van der Waals surface area contributed by atoms with Crippen molar-refractivity contribution in [3.8, 4) is 0 Å². The van der Waals surface area contributed by atoms with Crippen molar-refractivity contribution in [3.63, 3.8) is 0 Å². The number of hydrazine groups is 1. The Morgan fingerprint density at radius 3 is 2.47 bits per heavy atom. The van der Waals surface area contributed by atoms with Gasteiger partial charge in [-0.05, 0) is 32.1 Å². The van der Waals surface area contributed by atoms with Crippen molar-refractivity contribution in [2.45, 2.75) is 45.1 Å². The Bertz CT molecular complexity index is 263. The average Bonchev–Trinajstić information content (AvgIpc) is 3.07. The average molecular weight is 271 g/mol. The summed E-state index contributed by atoms with van der Waals surface area (Å²) in [5.41, 5.74) is 3.25. The topological polar surface area (TPSA) is 76.0 Å². The number of amides is 1.